The average molecular weight is 277 g/mol. The summed E-state index contributed by atoms with van der Waals surface area (Å²) < 4.78 is 65.7. The molecule has 1 unspecified atom stereocenters. The lowest BCUT2D eigenvalue weighted by atomic mass is 9.97. The van der Waals surface area contributed by atoms with Crippen molar-refractivity contribution in [2.24, 2.45) is 0 Å². The van der Waals surface area contributed by atoms with E-state index in [1.54, 1.807) is 0 Å². The Hall–Kier alpha value is -0.650. The van der Waals surface area contributed by atoms with Crippen LogP contribution in [0.15, 0.2) is 11.9 Å². The zero-order valence-corrected chi connectivity index (χ0v) is 9.42. The Kier molecular flexibility index (Phi) is 4.17. The molecule has 0 saturated heterocycles. The zero-order valence-electron chi connectivity index (χ0n) is 8.66. The molecule has 0 radical (unpaired) electrons. The molecule has 0 aliphatic heterocycles. The van der Waals surface area contributed by atoms with E-state index in [1.807, 2.05) is 0 Å². The normalized spacial score (nSPS) is 32.7. The summed E-state index contributed by atoms with van der Waals surface area (Å²) in [7, 11) is 0. The predicted molar refractivity (Wildman–Crippen MR) is 52.2 cm³/mol. The lowest BCUT2D eigenvalue weighted by Gasteiger charge is -2.28. The molecule has 0 spiro atoms. The summed E-state index contributed by atoms with van der Waals surface area (Å²) in [5.41, 5.74) is 0. The van der Waals surface area contributed by atoms with Crippen LogP contribution in [0.3, 0.4) is 0 Å². The van der Waals surface area contributed by atoms with Crippen LogP contribution in [0.25, 0.3) is 0 Å². The van der Waals surface area contributed by atoms with Crippen molar-refractivity contribution in [1.82, 2.24) is 0 Å². The molecule has 0 saturated carbocycles. The quantitative estimate of drug-likeness (QED) is 0.485. The van der Waals surface area contributed by atoms with Crippen LogP contribution in [-0.4, -0.2) is 23.0 Å². The van der Waals surface area contributed by atoms with E-state index >= 15 is 0 Å². The second-order valence-electron chi connectivity index (χ2n) is 3.82. The van der Waals surface area contributed by atoms with Crippen LogP contribution in [0.5, 0.6) is 0 Å². The Labute approximate surface area is 99.6 Å². The van der Waals surface area contributed by atoms with Gasteiger partial charge in [-0.15, -0.1) is 11.6 Å². The minimum atomic E-state index is -5.05. The molecule has 0 fully saturated rings. The van der Waals surface area contributed by atoms with Crippen molar-refractivity contribution in [3.05, 3.63) is 11.9 Å². The van der Waals surface area contributed by atoms with E-state index in [1.165, 1.54) is 0 Å². The summed E-state index contributed by atoms with van der Waals surface area (Å²) in [5, 5.41) is -2.71. The third kappa shape index (κ3) is 2.61. The first-order valence-corrected chi connectivity index (χ1v) is 5.43. The second kappa shape index (κ2) is 4.92. The lowest BCUT2D eigenvalue weighted by molar-refractivity contribution is -0.196. The molecule has 7 heteroatoms. The Morgan fingerprint density at radius 1 is 1.24 bits per heavy atom. The van der Waals surface area contributed by atoms with Gasteiger partial charge in [-0.1, -0.05) is 0 Å². The molecule has 1 rings (SSSR count). The highest BCUT2D eigenvalue weighted by molar-refractivity contribution is 6.32. The highest BCUT2D eigenvalue weighted by atomic mass is 35.5. The molecule has 1 aliphatic rings. The monoisotopic (exact) mass is 276 g/mol. The highest BCUT2D eigenvalue weighted by Crippen LogP contribution is 2.45. The van der Waals surface area contributed by atoms with Gasteiger partial charge in [0.2, 0.25) is 0 Å². The number of ketones is 1. The summed E-state index contributed by atoms with van der Waals surface area (Å²) in [6, 6.07) is 0. The summed E-state index contributed by atoms with van der Waals surface area (Å²) >= 11 is 5.04. The van der Waals surface area contributed by atoms with Crippen molar-refractivity contribution in [3.8, 4) is 0 Å². The van der Waals surface area contributed by atoms with Gasteiger partial charge in [0.1, 0.15) is 0 Å². The first-order valence-electron chi connectivity index (χ1n) is 5.00. The Bertz CT molecular complexity index is 340. The van der Waals surface area contributed by atoms with Crippen molar-refractivity contribution < 1.29 is 26.7 Å². The van der Waals surface area contributed by atoms with Gasteiger partial charge in [-0.05, 0) is 25.3 Å². The van der Waals surface area contributed by atoms with Crippen molar-refractivity contribution in [3.63, 3.8) is 0 Å². The van der Waals surface area contributed by atoms with E-state index in [0.29, 0.717) is 6.08 Å². The van der Waals surface area contributed by atoms with Crippen LogP contribution in [0.2, 0.25) is 0 Å². The number of carbonyl (C=O) groups excluding carboxylic acids is 1. The first kappa shape index (κ1) is 14.4. The number of Topliss-reactive ketones (excluding diaryl/α,β-unsaturated/α-hetero) is 1. The molecule has 1 nitrogen and oxygen atoms in total. The molecule has 1 aliphatic carbocycles. The van der Waals surface area contributed by atoms with E-state index in [-0.39, 0.29) is 25.7 Å². The van der Waals surface area contributed by atoms with Gasteiger partial charge < -0.3 is 0 Å². The fourth-order valence-corrected chi connectivity index (χ4v) is 1.69. The van der Waals surface area contributed by atoms with E-state index in [4.69, 9.17) is 11.6 Å². The molecule has 0 aromatic carbocycles. The van der Waals surface area contributed by atoms with Crippen LogP contribution in [0.4, 0.5) is 22.0 Å². The van der Waals surface area contributed by atoms with Crippen molar-refractivity contribution in [2.45, 2.75) is 42.9 Å². The molecular formula is C10H10ClF5O. The summed E-state index contributed by atoms with van der Waals surface area (Å²) in [6.45, 7) is 0. The SMILES string of the molecule is O=C1CCCC/C=C(\F)C(F)(F)C(F)(F)C1Cl. The summed E-state index contributed by atoms with van der Waals surface area (Å²) in [6.07, 6.45) is 0.484. The fraction of sp³-hybridized carbons (Fsp3) is 0.700. The van der Waals surface area contributed by atoms with Crippen LogP contribution in [0.1, 0.15) is 25.7 Å². The number of hydrogen-bond donors (Lipinski definition) is 0. The molecule has 0 aromatic rings. The number of rotatable bonds is 0. The largest absolute Gasteiger partial charge is 0.362 e. The van der Waals surface area contributed by atoms with E-state index < -0.39 is 28.8 Å². The van der Waals surface area contributed by atoms with Gasteiger partial charge in [0.05, 0.1) is 0 Å². The fourth-order valence-electron chi connectivity index (χ4n) is 1.45. The summed E-state index contributed by atoms with van der Waals surface area (Å²) in [4.78, 5) is 11.2. The van der Waals surface area contributed by atoms with Crippen molar-refractivity contribution >= 4 is 17.4 Å². The predicted octanol–water partition coefficient (Wildman–Crippen LogP) is 3.86. The standard InChI is InChI=1S/C10H10ClF5O/c11-8-6(17)4-2-1-3-5-7(12)9(13,14)10(8,15)16/h5,8H,1-4H2/b7-5-. The second-order valence-corrected chi connectivity index (χ2v) is 4.26. The minimum absolute atomic E-state index is 0.113. The number of allylic oxidation sites excluding steroid dienone is 2. The Morgan fingerprint density at radius 2 is 1.82 bits per heavy atom. The van der Waals surface area contributed by atoms with Gasteiger partial charge in [0.25, 0.3) is 0 Å². The number of alkyl halides is 5. The maximum absolute atomic E-state index is 13.2. The molecule has 1 atom stereocenters. The third-order valence-electron chi connectivity index (χ3n) is 2.52. The molecular weight excluding hydrogens is 267 g/mol. The van der Waals surface area contributed by atoms with E-state index in [9.17, 15) is 26.7 Å². The van der Waals surface area contributed by atoms with E-state index in [2.05, 4.69) is 0 Å². The van der Waals surface area contributed by atoms with Gasteiger partial charge in [-0.2, -0.15) is 17.6 Å². The van der Waals surface area contributed by atoms with Crippen LogP contribution >= 0.6 is 11.6 Å². The van der Waals surface area contributed by atoms with Crippen molar-refractivity contribution in [1.29, 1.82) is 0 Å². The smallest absolute Gasteiger partial charge is 0.298 e. The van der Waals surface area contributed by atoms with Gasteiger partial charge >= 0.3 is 11.8 Å². The molecule has 17 heavy (non-hydrogen) atoms. The maximum Gasteiger partial charge on any atom is 0.362 e. The maximum atomic E-state index is 13.2. The summed E-state index contributed by atoms with van der Waals surface area (Å²) in [5.74, 6) is -13.4. The van der Waals surface area contributed by atoms with Crippen LogP contribution < -0.4 is 0 Å². The number of hydrogen-bond acceptors (Lipinski definition) is 1. The zero-order chi connectivity index (χ0) is 13.3. The highest BCUT2D eigenvalue weighted by Gasteiger charge is 2.65. The van der Waals surface area contributed by atoms with Gasteiger partial charge in [0.15, 0.2) is 17.0 Å². The number of halogens is 6. The van der Waals surface area contributed by atoms with Crippen LogP contribution in [0, 0.1) is 0 Å². The van der Waals surface area contributed by atoms with Gasteiger partial charge in [-0.25, -0.2) is 4.39 Å². The Balaban J connectivity index is 3.17. The topological polar surface area (TPSA) is 17.1 Å². The Morgan fingerprint density at radius 3 is 2.41 bits per heavy atom. The number of carbonyl (C=O) groups is 1. The molecule has 0 aromatic heterocycles. The van der Waals surface area contributed by atoms with Crippen molar-refractivity contribution in [2.75, 3.05) is 0 Å². The van der Waals surface area contributed by atoms with Crippen LogP contribution in [-0.2, 0) is 4.79 Å². The lowest BCUT2D eigenvalue weighted by Crippen LogP contribution is -2.51. The first-order chi connectivity index (χ1) is 7.71. The average Bonchev–Trinajstić information content (AvgIpc) is 2.25. The minimum Gasteiger partial charge on any atom is -0.298 e. The van der Waals surface area contributed by atoms with Gasteiger partial charge in [0, 0.05) is 6.42 Å². The van der Waals surface area contributed by atoms with Gasteiger partial charge in [-0.3, -0.25) is 4.79 Å². The third-order valence-corrected chi connectivity index (χ3v) is 3.04. The molecule has 0 N–H and O–H groups in total. The molecule has 0 amide bonds. The molecule has 0 bridgehead atoms. The molecule has 98 valence electrons. The molecule has 0 heterocycles. The van der Waals surface area contributed by atoms with E-state index in [0.717, 1.165) is 0 Å².